The second kappa shape index (κ2) is 7.10. The molecule has 0 fully saturated rings. The SMILES string of the molecule is COCCNCc1nnc(OCc2ccco2)s1. The summed E-state index contributed by atoms with van der Waals surface area (Å²) in [5.74, 6) is 0.768. The van der Waals surface area contributed by atoms with Crippen molar-refractivity contribution >= 4 is 11.3 Å². The van der Waals surface area contributed by atoms with Crippen molar-refractivity contribution in [3.63, 3.8) is 0 Å². The van der Waals surface area contributed by atoms with Gasteiger partial charge in [0.05, 0.1) is 12.9 Å². The minimum Gasteiger partial charge on any atom is -0.466 e. The number of furan rings is 1. The summed E-state index contributed by atoms with van der Waals surface area (Å²) in [6, 6.07) is 3.68. The van der Waals surface area contributed by atoms with Gasteiger partial charge in [-0.1, -0.05) is 16.4 Å². The van der Waals surface area contributed by atoms with E-state index >= 15 is 0 Å². The minimum atomic E-state index is 0.374. The molecule has 2 rings (SSSR count). The highest BCUT2D eigenvalue weighted by atomic mass is 32.1. The third kappa shape index (κ3) is 4.10. The van der Waals surface area contributed by atoms with Crippen molar-refractivity contribution in [2.45, 2.75) is 13.2 Å². The summed E-state index contributed by atoms with van der Waals surface area (Å²) in [6.07, 6.45) is 1.62. The zero-order valence-electron chi connectivity index (χ0n) is 10.1. The van der Waals surface area contributed by atoms with Crippen LogP contribution < -0.4 is 10.1 Å². The molecule has 1 N–H and O–H groups in total. The average Bonchev–Trinajstić information content (AvgIpc) is 3.03. The molecule has 2 heterocycles. The van der Waals surface area contributed by atoms with Crippen molar-refractivity contribution in [3.8, 4) is 5.19 Å². The summed E-state index contributed by atoms with van der Waals surface area (Å²) in [5, 5.41) is 12.6. The van der Waals surface area contributed by atoms with Gasteiger partial charge in [0.2, 0.25) is 0 Å². The van der Waals surface area contributed by atoms with Crippen LogP contribution in [0.2, 0.25) is 0 Å². The number of nitrogens with one attached hydrogen (secondary N) is 1. The molecule has 0 aromatic carbocycles. The van der Waals surface area contributed by atoms with E-state index in [-0.39, 0.29) is 0 Å². The Bertz CT molecular complexity index is 444. The van der Waals surface area contributed by atoms with E-state index in [1.807, 2.05) is 12.1 Å². The molecule has 2 aromatic rings. The quantitative estimate of drug-likeness (QED) is 0.731. The van der Waals surface area contributed by atoms with Crippen LogP contribution in [-0.4, -0.2) is 30.5 Å². The van der Waals surface area contributed by atoms with Crippen LogP contribution in [0, 0.1) is 0 Å². The van der Waals surface area contributed by atoms with Gasteiger partial charge in [0.25, 0.3) is 5.19 Å². The van der Waals surface area contributed by atoms with Crippen molar-refractivity contribution in [2.75, 3.05) is 20.3 Å². The molecule has 2 aromatic heterocycles. The Morgan fingerprint density at radius 3 is 3.17 bits per heavy atom. The van der Waals surface area contributed by atoms with Gasteiger partial charge >= 0.3 is 0 Å². The van der Waals surface area contributed by atoms with Crippen LogP contribution in [0.4, 0.5) is 0 Å². The van der Waals surface area contributed by atoms with Gasteiger partial charge in [0, 0.05) is 20.2 Å². The first-order valence-corrected chi connectivity index (χ1v) is 6.37. The van der Waals surface area contributed by atoms with E-state index in [4.69, 9.17) is 13.9 Å². The monoisotopic (exact) mass is 269 g/mol. The lowest BCUT2D eigenvalue weighted by Crippen LogP contribution is -2.18. The fourth-order valence-electron chi connectivity index (χ4n) is 1.27. The van der Waals surface area contributed by atoms with Gasteiger partial charge in [0.1, 0.15) is 17.4 Å². The number of rotatable bonds is 8. The first-order valence-electron chi connectivity index (χ1n) is 5.55. The normalized spacial score (nSPS) is 10.7. The first-order chi connectivity index (χ1) is 8.88. The van der Waals surface area contributed by atoms with E-state index < -0.39 is 0 Å². The Hall–Kier alpha value is -1.44. The van der Waals surface area contributed by atoms with Crippen molar-refractivity contribution < 1.29 is 13.9 Å². The smallest absolute Gasteiger partial charge is 0.294 e. The molecule has 0 saturated heterocycles. The van der Waals surface area contributed by atoms with Crippen molar-refractivity contribution in [3.05, 3.63) is 29.2 Å². The molecule has 0 atom stereocenters. The van der Waals surface area contributed by atoms with E-state index in [2.05, 4.69) is 15.5 Å². The fourth-order valence-corrected chi connectivity index (χ4v) is 1.92. The van der Waals surface area contributed by atoms with Gasteiger partial charge < -0.3 is 19.2 Å². The minimum absolute atomic E-state index is 0.374. The van der Waals surface area contributed by atoms with Crippen LogP contribution in [0.15, 0.2) is 22.8 Å². The summed E-state index contributed by atoms with van der Waals surface area (Å²) < 4.78 is 15.6. The molecule has 18 heavy (non-hydrogen) atoms. The average molecular weight is 269 g/mol. The maximum Gasteiger partial charge on any atom is 0.294 e. The number of hydrogen-bond acceptors (Lipinski definition) is 7. The Morgan fingerprint density at radius 2 is 2.39 bits per heavy atom. The van der Waals surface area contributed by atoms with Gasteiger partial charge in [-0.2, -0.15) is 0 Å². The van der Waals surface area contributed by atoms with Crippen LogP contribution >= 0.6 is 11.3 Å². The van der Waals surface area contributed by atoms with Crippen LogP contribution in [-0.2, 0) is 17.9 Å². The van der Waals surface area contributed by atoms with Crippen molar-refractivity contribution in [1.29, 1.82) is 0 Å². The highest BCUT2D eigenvalue weighted by Gasteiger charge is 2.05. The summed E-state index contributed by atoms with van der Waals surface area (Å²) in [7, 11) is 1.67. The van der Waals surface area contributed by atoms with Crippen molar-refractivity contribution in [2.24, 2.45) is 0 Å². The highest BCUT2D eigenvalue weighted by molar-refractivity contribution is 7.13. The zero-order chi connectivity index (χ0) is 12.6. The van der Waals surface area contributed by atoms with Gasteiger partial charge in [-0.3, -0.25) is 0 Å². The molecule has 0 bridgehead atoms. The van der Waals surface area contributed by atoms with Crippen LogP contribution in [0.25, 0.3) is 0 Å². The molecule has 0 spiro atoms. The summed E-state index contributed by atoms with van der Waals surface area (Å²) in [5.41, 5.74) is 0. The maximum absolute atomic E-state index is 5.46. The molecule has 6 nitrogen and oxygen atoms in total. The molecule has 0 amide bonds. The Balaban J connectivity index is 1.72. The lowest BCUT2D eigenvalue weighted by molar-refractivity contribution is 0.199. The van der Waals surface area contributed by atoms with E-state index in [0.29, 0.717) is 25.0 Å². The van der Waals surface area contributed by atoms with Gasteiger partial charge in [-0.05, 0) is 12.1 Å². The van der Waals surface area contributed by atoms with Crippen LogP contribution in [0.5, 0.6) is 5.19 Å². The Labute approximate surface area is 109 Å². The van der Waals surface area contributed by atoms with Crippen LogP contribution in [0.3, 0.4) is 0 Å². The third-order valence-corrected chi connectivity index (χ3v) is 2.96. The maximum atomic E-state index is 5.46. The number of hydrogen-bond donors (Lipinski definition) is 1. The summed E-state index contributed by atoms with van der Waals surface area (Å²) >= 11 is 1.42. The molecule has 0 radical (unpaired) electrons. The second-order valence-electron chi connectivity index (χ2n) is 3.50. The van der Waals surface area contributed by atoms with Gasteiger partial charge in [-0.25, -0.2) is 0 Å². The van der Waals surface area contributed by atoms with E-state index in [1.54, 1.807) is 13.4 Å². The predicted molar refractivity (Wildman–Crippen MR) is 66.5 cm³/mol. The van der Waals surface area contributed by atoms with Gasteiger partial charge in [-0.15, -0.1) is 5.10 Å². The molecule has 98 valence electrons. The largest absolute Gasteiger partial charge is 0.466 e. The van der Waals surface area contributed by atoms with E-state index in [9.17, 15) is 0 Å². The highest BCUT2D eigenvalue weighted by Crippen LogP contribution is 2.18. The molecular weight excluding hydrogens is 254 g/mol. The molecule has 0 aliphatic heterocycles. The topological polar surface area (TPSA) is 69.4 Å². The first kappa shape index (κ1) is 13.0. The number of aromatic nitrogens is 2. The Morgan fingerprint density at radius 1 is 1.44 bits per heavy atom. The number of ether oxygens (including phenoxy) is 2. The van der Waals surface area contributed by atoms with Gasteiger partial charge in [0.15, 0.2) is 0 Å². The van der Waals surface area contributed by atoms with Crippen LogP contribution in [0.1, 0.15) is 10.8 Å². The number of methoxy groups -OCH3 is 1. The Kier molecular flexibility index (Phi) is 5.13. The fraction of sp³-hybridized carbons (Fsp3) is 0.455. The summed E-state index contributed by atoms with van der Waals surface area (Å²) in [4.78, 5) is 0. The lowest BCUT2D eigenvalue weighted by Gasteiger charge is -1.99. The molecule has 7 heteroatoms. The third-order valence-electron chi connectivity index (χ3n) is 2.13. The van der Waals surface area contributed by atoms with Crippen molar-refractivity contribution in [1.82, 2.24) is 15.5 Å². The number of nitrogens with zero attached hydrogens (tertiary/aromatic N) is 2. The molecular formula is C11H15N3O3S. The lowest BCUT2D eigenvalue weighted by atomic mass is 10.5. The molecule has 0 unspecified atom stereocenters. The van der Waals surface area contributed by atoms with E-state index in [0.717, 1.165) is 17.3 Å². The molecule has 0 aliphatic carbocycles. The molecule has 0 aliphatic rings. The zero-order valence-corrected chi connectivity index (χ0v) is 10.9. The molecule has 0 saturated carbocycles. The predicted octanol–water partition coefficient (Wildman–Crippen LogP) is 1.45. The summed E-state index contributed by atoms with van der Waals surface area (Å²) in [6.45, 7) is 2.52. The second-order valence-corrected chi connectivity index (χ2v) is 4.52. The van der Waals surface area contributed by atoms with E-state index in [1.165, 1.54) is 11.3 Å². The standard InChI is InChI=1S/C11H15N3O3S/c1-15-6-4-12-7-10-13-14-11(18-10)17-8-9-3-2-5-16-9/h2-3,5,12H,4,6-8H2,1H3.